The second kappa shape index (κ2) is 11.4. The molecule has 0 nitrogen and oxygen atoms in total. The zero-order chi connectivity index (χ0) is 28.5. The van der Waals surface area contributed by atoms with Crippen LogP contribution >= 0.6 is 24.8 Å². The Labute approximate surface area is 275 Å². The first-order chi connectivity index (χ1) is 20.5. The fourth-order valence-electron chi connectivity index (χ4n) is 8.75. The molecule has 8 rings (SSSR count). The Bertz CT molecular complexity index is 2100. The molecule has 0 spiro atoms. The fourth-order valence-corrected chi connectivity index (χ4v) is 32.8. The molecule has 0 N–H and O–H groups in total. The number of fused-ring (bicyclic) bond motifs is 5. The average Bonchev–Trinajstić information content (AvgIpc) is 3.57. The standard InChI is InChI=1S/C20H15.C13H9.C6H5.CH3.2ClH.H2Si.Zr/c1-14-12-16-8-5-11-19(20(16)13-14)18-10-4-7-15-6-2-3-9-17(15)18;1-3-7-12-10(5-1)9-11-6-2-4-8-13(11)12;1-2-4-6-5-3-1;;;;;/h2-13H,1H3;1-9H;1-5H;1H3;2*1H;1H2;. The van der Waals surface area contributed by atoms with Gasteiger partial charge in [-0.1, -0.05) is 0 Å². The Morgan fingerprint density at radius 1 is 0.500 bits per heavy atom. The summed E-state index contributed by atoms with van der Waals surface area (Å²) in [7, 11) is 0. The summed E-state index contributed by atoms with van der Waals surface area (Å²) in [4.78, 5) is 0. The van der Waals surface area contributed by atoms with E-state index in [1.165, 1.54) is 60.9 Å². The molecule has 0 aliphatic heterocycles. The predicted molar refractivity (Wildman–Crippen MR) is 194 cm³/mol. The molecule has 0 heterocycles. The van der Waals surface area contributed by atoms with E-state index in [0.717, 1.165) is 0 Å². The van der Waals surface area contributed by atoms with Crippen LogP contribution in [0.5, 0.6) is 0 Å². The Kier molecular flexibility index (Phi) is 8.04. The maximum Gasteiger partial charge on any atom is -0.147 e. The predicted octanol–water partition coefficient (Wildman–Crippen LogP) is 10.2. The van der Waals surface area contributed by atoms with Gasteiger partial charge in [0.1, 0.15) is 0 Å². The molecule has 0 aromatic heterocycles. The molecule has 0 bridgehead atoms. The van der Waals surface area contributed by atoms with Crippen molar-refractivity contribution in [3.05, 3.63) is 167 Å². The van der Waals surface area contributed by atoms with Crippen LogP contribution < -0.4 is 3.27 Å². The van der Waals surface area contributed by atoms with E-state index in [-0.39, 0.29) is 24.8 Å². The van der Waals surface area contributed by atoms with Gasteiger partial charge in [0.15, 0.2) is 0 Å². The van der Waals surface area contributed by atoms with Crippen molar-refractivity contribution in [2.75, 3.05) is 0 Å². The molecule has 0 saturated heterocycles. The summed E-state index contributed by atoms with van der Waals surface area (Å²) in [5.41, 5.74) is 13.0. The van der Waals surface area contributed by atoms with Gasteiger partial charge in [-0.05, 0) is 0 Å². The maximum atomic E-state index is 2.76. The molecule has 0 saturated carbocycles. The van der Waals surface area contributed by atoms with Crippen LogP contribution in [-0.2, 0) is 17.4 Å². The van der Waals surface area contributed by atoms with Gasteiger partial charge < -0.3 is 0 Å². The number of benzene rings is 6. The summed E-state index contributed by atoms with van der Waals surface area (Å²) < 4.78 is 5.16. The zero-order valence-corrected chi connectivity index (χ0v) is 30.5. The molecule has 44 heavy (non-hydrogen) atoms. The van der Waals surface area contributed by atoms with Crippen molar-refractivity contribution in [1.29, 1.82) is 0 Å². The van der Waals surface area contributed by atoms with Crippen LogP contribution in [0.2, 0.25) is 4.63 Å². The van der Waals surface area contributed by atoms with Crippen molar-refractivity contribution in [2.24, 2.45) is 0 Å². The van der Waals surface area contributed by atoms with Crippen LogP contribution in [0.4, 0.5) is 0 Å². The largest absolute Gasteiger partial charge is 0.147 e. The molecule has 0 fully saturated rings. The Balaban J connectivity index is 0.00000171. The molecule has 1 atom stereocenters. The van der Waals surface area contributed by atoms with E-state index in [9.17, 15) is 0 Å². The first-order valence-corrected chi connectivity index (χ1v) is 27.5. The third-order valence-corrected chi connectivity index (χ3v) is 33.8. The minimum absolute atomic E-state index is 0. The molecule has 0 radical (unpaired) electrons. The van der Waals surface area contributed by atoms with E-state index in [2.05, 4.69) is 164 Å². The van der Waals surface area contributed by atoms with Crippen LogP contribution in [-0.4, -0.2) is 6.88 Å². The summed E-state index contributed by atoms with van der Waals surface area (Å²) >= 11 is -4.11. The number of rotatable bonds is 4. The quantitative estimate of drug-likeness (QED) is 0.160. The van der Waals surface area contributed by atoms with Gasteiger partial charge in [-0.2, -0.15) is 0 Å². The minimum atomic E-state index is -4.11. The van der Waals surface area contributed by atoms with Crippen molar-refractivity contribution in [1.82, 2.24) is 0 Å². The van der Waals surface area contributed by atoms with E-state index >= 15 is 0 Å². The molecule has 0 amide bonds. The molecule has 6 aromatic rings. The number of hydrogen-bond acceptors (Lipinski definition) is 0. The zero-order valence-electron chi connectivity index (χ0n) is 25.0. The van der Waals surface area contributed by atoms with Crippen molar-refractivity contribution in [3.63, 3.8) is 0 Å². The summed E-state index contributed by atoms with van der Waals surface area (Å²) in [6, 6.07) is 52.8. The van der Waals surface area contributed by atoms with Crippen molar-refractivity contribution >= 4 is 51.8 Å². The van der Waals surface area contributed by atoms with Crippen LogP contribution in [0.1, 0.15) is 36.4 Å². The van der Waals surface area contributed by atoms with Gasteiger partial charge in [0.25, 0.3) is 0 Å². The third kappa shape index (κ3) is 4.33. The number of halogens is 2. The van der Waals surface area contributed by atoms with Crippen molar-refractivity contribution in [3.8, 4) is 22.3 Å². The SMILES string of the molecule is CC1=Cc2c(-c3cccc4ccccc34)cccc2[CH]1[Zr]([CH3])(=[SiH2])([c]1ccccc1)[CH]1c2ccccc2-c2ccccc21.Cl.Cl. The molecular weight excluding hydrogens is 671 g/mol. The van der Waals surface area contributed by atoms with Crippen LogP contribution in [0.15, 0.2) is 145 Å². The fraction of sp³-hybridized carbons (Fsp3) is 0.100. The molecule has 2 aliphatic carbocycles. The van der Waals surface area contributed by atoms with Gasteiger partial charge in [-0.25, -0.2) is 0 Å². The first-order valence-electron chi connectivity index (χ1n) is 15.0. The summed E-state index contributed by atoms with van der Waals surface area (Å²) in [5.74, 6) is 0. The van der Waals surface area contributed by atoms with Gasteiger partial charge in [-0.15, -0.1) is 24.8 Å². The summed E-state index contributed by atoms with van der Waals surface area (Å²) in [6.07, 6.45) is 2.54. The van der Waals surface area contributed by atoms with Gasteiger partial charge >= 0.3 is 253 Å². The van der Waals surface area contributed by atoms with E-state index in [1.54, 1.807) is 3.27 Å². The molecule has 1 unspecified atom stereocenters. The van der Waals surface area contributed by atoms with Crippen molar-refractivity contribution < 1.29 is 17.4 Å². The third-order valence-electron chi connectivity index (χ3n) is 10.4. The molecule has 6 aromatic carbocycles. The number of allylic oxidation sites excluding steroid dienone is 1. The summed E-state index contributed by atoms with van der Waals surface area (Å²) in [6.45, 7) is 4.85. The van der Waals surface area contributed by atoms with E-state index in [1.807, 2.05) is 0 Å². The Morgan fingerprint density at radius 2 is 1.00 bits per heavy atom. The van der Waals surface area contributed by atoms with Gasteiger partial charge in [0, 0.05) is 0 Å². The summed E-state index contributed by atoms with van der Waals surface area (Å²) in [5, 5.41) is 2.62. The number of hydrogen-bond donors (Lipinski definition) is 0. The first kappa shape index (κ1) is 31.0. The van der Waals surface area contributed by atoms with E-state index < -0.39 is 17.4 Å². The van der Waals surface area contributed by atoms with E-state index in [0.29, 0.717) is 7.25 Å². The molecular formula is C40H36Cl2SiZr. The smallest absolute Gasteiger partial charge is 0.147 e. The molecule has 2 aliphatic rings. The maximum absolute atomic E-state index is 4.11. The average molecular weight is 707 g/mol. The normalized spacial score (nSPS) is 15.4. The molecule has 218 valence electrons. The van der Waals surface area contributed by atoms with Crippen LogP contribution in [0.3, 0.4) is 0 Å². The Morgan fingerprint density at radius 3 is 1.70 bits per heavy atom. The second-order valence-electron chi connectivity index (χ2n) is 12.9. The van der Waals surface area contributed by atoms with E-state index in [4.69, 9.17) is 0 Å². The Hall–Kier alpha value is -3.00. The molecule has 4 heteroatoms. The van der Waals surface area contributed by atoms with Gasteiger partial charge in [-0.3, -0.25) is 0 Å². The van der Waals surface area contributed by atoms with Crippen LogP contribution in [0.25, 0.3) is 39.1 Å². The van der Waals surface area contributed by atoms with Gasteiger partial charge in [0.2, 0.25) is 0 Å². The monoisotopic (exact) mass is 704 g/mol. The minimum Gasteiger partial charge on any atom is -0.147 e. The van der Waals surface area contributed by atoms with Crippen LogP contribution in [0, 0.1) is 0 Å². The van der Waals surface area contributed by atoms with Crippen molar-refractivity contribution in [2.45, 2.75) is 18.8 Å². The second-order valence-corrected chi connectivity index (χ2v) is 39.1. The van der Waals surface area contributed by atoms with Gasteiger partial charge in [0.05, 0.1) is 0 Å². The topological polar surface area (TPSA) is 0 Å².